The van der Waals surface area contributed by atoms with Crippen molar-refractivity contribution in [2.45, 2.75) is 44.9 Å². The fourth-order valence-electron chi connectivity index (χ4n) is 2.49. The predicted octanol–water partition coefficient (Wildman–Crippen LogP) is -0.0992. The molecule has 0 bridgehead atoms. The number of piperazine rings is 1. The summed E-state index contributed by atoms with van der Waals surface area (Å²) in [5, 5.41) is 2.60. The average molecular weight is 226 g/mol. The van der Waals surface area contributed by atoms with Crippen LogP contribution >= 0.6 is 0 Å². The lowest BCUT2D eigenvalue weighted by Gasteiger charge is -2.41. The summed E-state index contributed by atoms with van der Waals surface area (Å²) in [6.07, 6.45) is 1.82. The van der Waals surface area contributed by atoms with E-state index in [0.29, 0.717) is 6.61 Å². The monoisotopic (exact) mass is 226 g/mol. The Morgan fingerprint density at radius 1 is 1.38 bits per heavy atom. The number of nitrogens with one attached hydrogen (secondary N) is 1. The highest BCUT2D eigenvalue weighted by Crippen LogP contribution is 2.22. The number of amides is 2. The number of ether oxygens (including phenoxy) is 1. The van der Waals surface area contributed by atoms with Crippen molar-refractivity contribution in [1.29, 1.82) is 0 Å². The molecule has 2 fully saturated rings. The molecular weight excluding hydrogens is 208 g/mol. The lowest BCUT2D eigenvalue weighted by molar-refractivity contribution is -0.150. The summed E-state index contributed by atoms with van der Waals surface area (Å²) >= 11 is 0. The Morgan fingerprint density at radius 2 is 2.12 bits per heavy atom. The zero-order chi connectivity index (χ0) is 11.7. The molecule has 5 nitrogen and oxygen atoms in total. The van der Waals surface area contributed by atoms with Gasteiger partial charge in [-0.3, -0.25) is 9.59 Å². The molecule has 0 aromatic heterocycles. The first-order valence-electron chi connectivity index (χ1n) is 5.80. The van der Waals surface area contributed by atoms with Crippen molar-refractivity contribution < 1.29 is 14.3 Å². The normalized spacial score (nSPS) is 36.1. The van der Waals surface area contributed by atoms with Gasteiger partial charge in [0.05, 0.1) is 12.6 Å². The standard InChI is InChI=1S/C11H18N2O3/c1-7-5-9(3-4-16-7)13-8(2)11(15)12-6-10(13)14/h7-9H,3-6H2,1-2H3,(H,12,15). The summed E-state index contributed by atoms with van der Waals surface area (Å²) in [4.78, 5) is 25.1. The largest absolute Gasteiger partial charge is 0.378 e. The zero-order valence-corrected chi connectivity index (χ0v) is 9.73. The van der Waals surface area contributed by atoms with Crippen LogP contribution in [0.3, 0.4) is 0 Å². The van der Waals surface area contributed by atoms with Crippen molar-refractivity contribution in [3.05, 3.63) is 0 Å². The highest BCUT2D eigenvalue weighted by Gasteiger charge is 2.37. The number of hydrogen-bond acceptors (Lipinski definition) is 3. The van der Waals surface area contributed by atoms with Gasteiger partial charge in [0.2, 0.25) is 11.8 Å². The van der Waals surface area contributed by atoms with E-state index < -0.39 is 0 Å². The van der Waals surface area contributed by atoms with Gasteiger partial charge in [-0.05, 0) is 26.7 Å². The quantitative estimate of drug-likeness (QED) is 0.679. The maximum absolute atomic E-state index is 11.8. The number of rotatable bonds is 1. The van der Waals surface area contributed by atoms with Gasteiger partial charge in [-0.15, -0.1) is 0 Å². The second-order valence-corrected chi connectivity index (χ2v) is 4.55. The van der Waals surface area contributed by atoms with Gasteiger partial charge in [0.1, 0.15) is 6.04 Å². The first-order valence-corrected chi connectivity index (χ1v) is 5.80. The van der Waals surface area contributed by atoms with Gasteiger partial charge in [0.25, 0.3) is 0 Å². The smallest absolute Gasteiger partial charge is 0.242 e. The molecule has 3 atom stereocenters. The molecule has 2 aliphatic rings. The Balaban J connectivity index is 2.10. The van der Waals surface area contributed by atoms with E-state index >= 15 is 0 Å². The van der Waals surface area contributed by atoms with Gasteiger partial charge in [-0.25, -0.2) is 0 Å². The molecule has 0 aromatic rings. The summed E-state index contributed by atoms with van der Waals surface area (Å²) in [7, 11) is 0. The van der Waals surface area contributed by atoms with Crippen LogP contribution in [0.15, 0.2) is 0 Å². The first kappa shape index (κ1) is 11.4. The molecule has 0 spiro atoms. The van der Waals surface area contributed by atoms with Crippen LogP contribution in [0.4, 0.5) is 0 Å². The van der Waals surface area contributed by atoms with Crippen LogP contribution in [0.2, 0.25) is 0 Å². The third-order valence-corrected chi connectivity index (χ3v) is 3.35. The van der Waals surface area contributed by atoms with Crippen LogP contribution in [0, 0.1) is 0 Å². The lowest BCUT2D eigenvalue weighted by Crippen LogP contribution is -2.61. The molecule has 16 heavy (non-hydrogen) atoms. The first-order chi connectivity index (χ1) is 7.59. The van der Waals surface area contributed by atoms with E-state index in [1.54, 1.807) is 11.8 Å². The Hall–Kier alpha value is -1.10. The summed E-state index contributed by atoms with van der Waals surface area (Å²) in [5.74, 6) is -0.0371. The second-order valence-electron chi connectivity index (χ2n) is 4.55. The molecule has 2 aliphatic heterocycles. The summed E-state index contributed by atoms with van der Waals surface area (Å²) < 4.78 is 5.46. The van der Waals surface area contributed by atoms with Gasteiger partial charge >= 0.3 is 0 Å². The molecule has 2 saturated heterocycles. The maximum atomic E-state index is 11.8. The molecule has 2 rings (SSSR count). The summed E-state index contributed by atoms with van der Waals surface area (Å²) in [6, 6.07) is -0.200. The molecule has 0 aromatic carbocycles. The van der Waals surface area contributed by atoms with E-state index in [9.17, 15) is 9.59 Å². The van der Waals surface area contributed by atoms with Crippen LogP contribution in [0.5, 0.6) is 0 Å². The maximum Gasteiger partial charge on any atom is 0.242 e. The fourth-order valence-corrected chi connectivity index (χ4v) is 2.49. The molecule has 1 N–H and O–H groups in total. The predicted molar refractivity (Wildman–Crippen MR) is 57.8 cm³/mol. The highest BCUT2D eigenvalue weighted by molar-refractivity contribution is 5.94. The zero-order valence-electron chi connectivity index (χ0n) is 9.73. The van der Waals surface area contributed by atoms with Gasteiger partial charge in [-0.2, -0.15) is 0 Å². The molecule has 2 amide bonds. The molecule has 90 valence electrons. The average Bonchev–Trinajstić information content (AvgIpc) is 2.24. The number of nitrogens with zero attached hydrogens (tertiary/aromatic N) is 1. The van der Waals surface area contributed by atoms with E-state index in [2.05, 4.69) is 5.32 Å². The van der Waals surface area contributed by atoms with Gasteiger partial charge in [-0.1, -0.05) is 0 Å². The Morgan fingerprint density at radius 3 is 2.81 bits per heavy atom. The van der Waals surface area contributed by atoms with Crippen LogP contribution < -0.4 is 5.32 Å². The Kier molecular flexibility index (Phi) is 3.14. The third kappa shape index (κ3) is 2.04. The van der Waals surface area contributed by atoms with Gasteiger partial charge in [0.15, 0.2) is 0 Å². The van der Waals surface area contributed by atoms with Crippen molar-refractivity contribution in [2.75, 3.05) is 13.2 Å². The van der Waals surface area contributed by atoms with E-state index in [4.69, 9.17) is 4.74 Å². The van der Waals surface area contributed by atoms with Gasteiger partial charge in [0, 0.05) is 12.6 Å². The van der Waals surface area contributed by atoms with E-state index in [-0.39, 0.29) is 36.5 Å². The second kappa shape index (κ2) is 4.41. The molecule has 2 heterocycles. The molecular formula is C11H18N2O3. The van der Waals surface area contributed by atoms with Crippen molar-refractivity contribution in [3.8, 4) is 0 Å². The minimum Gasteiger partial charge on any atom is -0.378 e. The van der Waals surface area contributed by atoms with E-state index in [0.717, 1.165) is 12.8 Å². The van der Waals surface area contributed by atoms with Crippen molar-refractivity contribution in [3.63, 3.8) is 0 Å². The molecule has 5 heteroatoms. The molecule has 3 unspecified atom stereocenters. The molecule has 0 saturated carbocycles. The van der Waals surface area contributed by atoms with Crippen molar-refractivity contribution in [2.24, 2.45) is 0 Å². The van der Waals surface area contributed by atoms with Gasteiger partial charge < -0.3 is 15.0 Å². The van der Waals surface area contributed by atoms with Crippen LogP contribution in [-0.4, -0.2) is 48.1 Å². The lowest BCUT2D eigenvalue weighted by atomic mass is 9.99. The molecule has 0 aliphatic carbocycles. The van der Waals surface area contributed by atoms with E-state index in [1.165, 1.54) is 0 Å². The Labute approximate surface area is 95.1 Å². The summed E-state index contributed by atoms with van der Waals surface area (Å²) in [6.45, 7) is 4.59. The van der Waals surface area contributed by atoms with E-state index in [1.807, 2.05) is 6.92 Å². The number of hydrogen-bond donors (Lipinski definition) is 1. The van der Waals surface area contributed by atoms with Crippen LogP contribution in [0.1, 0.15) is 26.7 Å². The highest BCUT2D eigenvalue weighted by atomic mass is 16.5. The minimum absolute atomic E-state index is 0.0196. The SMILES string of the molecule is CC1CC(N2C(=O)CNC(=O)C2C)CCO1. The third-order valence-electron chi connectivity index (χ3n) is 3.35. The van der Waals surface area contributed by atoms with Crippen molar-refractivity contribution >= 4 is 11.8 Å². The summed E-state index contributed by atoms with van der Waals surface area (Å²) in [5.41, 5.74) is 0. The number of carbonyl (C=O) groups is 2. The van der Waals surface area contributed by atoms with Crippen LogP contribution in [0.25, 0.3) is 0 Å². The number of carbonyl (C=O) groups excluding carboxylic acids is 2. The van der Waals surface area contributed by atoms with Crippen molar-refractivity contribution in [1.82, 2.24) is 10.2 Å². The van der Waals surface area contributed by atoms with Crippen LogP contribution in [-0.2, 0) is 14.3 Å². The Bertz CT molecular complexity index is 306. The topological polar surface area (TPSA) is 58.6 Å². The fraction of sp³-hybridized carbons (Fsp3) is 0.818. The minimum atomic E-state index is -0.350. The molecule has 0 radical (unpaired) electrons.